The van der Waals surface area contributed by atoms with E-state index in [4.69, 9.17) is 0 Å². The highest BCUT2D eigenvalue weighted by Crippen LogP contribution is 2.55. The Balaban J connectivity index is 0.671. The standard InChI is InChI=1S/C87H80N2Si2/c1-85(2)77-51-57(27-29-59-33-47-73-75-49-39-65(55-81(75)86(3,4)79(73)53-59)88(63-35-41-67(42-36-63)90(7,8)9)83-25-17-21-61-19-13-15-23-69(61)83)31-45-71(77)72-46-32-58(52-78(72)85)28-30-60-34-48-74-76-50-40-66(56-82(76)87(5,6)80(74)54-60)89(64-37-43-68(44-38-64)91(10,11)12)84-26-18-22-62-20-14-16-24-70(62)84/h13-56H,1-12H3/b29-27+,30-28+. The molecule has 0 heterocycles. The van der Waals surface area contributed by atoms with E-state index >= 15 is 0 Å². The van der Waals surface area contributed by atoms with Crippen LogP contribution in [0.2, 0.25) is 39.3 Å². The second-order valence-electron chi connectivity index (χ2n) is 29.5. The minimum absolute atomic E-state index is 0.163. The molecule has 0 spiro atoms. The molecular formula is C87H80N2Si2. The molecule has 0 aliphatic heterocycles. The van der Waals surface area contributed by atoms with Crippen molar-refractivity contribution in [3.63, 3.8) is 0 Å². The van der Waals surface area contributed by atoms with Crippen molar-refractivity contribution in [3.05, 3.63) is 298 Å². The van der Waals surface area contributed by atoms with Crippen molar-refractivity contribution in [2.75, 3.05) is 9.80 Å². The lowest BCUT2D eigenvalue weighted by Gasteiger charge is -2.29. The van der Waals surface area contributed by atoms with Gasteiger partial charge in [-0.2, -0.15) is 0 Å². The van der Waals surface area contributed by atoms with E-state index in [2.05, 4.69) is 358 Å². The molecule has 0 bridgehead atoms. The van der Waals surface area contributed by atoms with Gasteiger partial charge in [0.2, 0.25) is 0 Å². The average Bonchev–Trinajstić information content (AvgIpc) is 1.61. The summed E-state index contributed by atoms with van der Waals surface area (Å²) in [6.07, 6.45) is 9.23. The molecule has 0 fully saturated rings. The van der Waals surface area contributed by atoms with Crippen molar-refractivity contribution < 1.29 is 0 Å². The molecule has 3 aliphatic rings. The highest BCUT2D eigenvalue weighted by molar-refractivity contribution is 6.89. The number of hydrogen-bond donors (Lipinski definition) is 0. The highest BCUT2D eigenvalue weighted by atomic mass is 28.3. The lowest BCUT2D eigenvalue weighted by atomic mass is 9.81. The number of fused-ring (bicyclic) bond motifs is 11. The SMILES string of the molecule is CC1(C)c2cc(/C=C/c3ccc4c(c3)C(C)(C)c3cc(N(c5ccc([Si](C)(C)C)cc5)c5cccc6ccccc56)ccc3-4)ccc2-c2ccc(/C=C/c3ccc4c(c3)C(C)(C)c3cc(N(c5ccc([Si](C)(C)C)cc5)c5cccc6ccccc56)ccc3-4)cc21. The molecule has 0 unspecified atom stereocenters. The molecule has 0 amide bonds. The molecule has 12 aromatic carbocycles. The fourth-order valence-electron chi connectivity index (χ4n) is 15.2. The van der Waals surface area contributed by atoms with E-state index in [9.17, 15) is 0 Å². The fourth-order valence-corrected chi connectivity index (χ4v) is 17.6. The van der Waals surface area contributed by atoms with Crippen molar-refractivity contribution in [2.24, 2.45) is 0 Å². The van der Waals surface area contributed by atoms with Gasteiger partial charge in [0.1, 0.15) is 0 Å². The molecule has 0 N–H and O–H groups in total. The van der Waals surface area contributed by atoms with Crippen LogP contribution in [0.3, 0.4) is 0 Å². The Hall–Kier alpha value is -9.33. The molecule has 3 aliphatic carbocycles. The summed E-state index contributed by atoms with van der Waals surface area (Å²) in [6.45, 7) is 28.9. The minimum Gasteiger partial charge on any atom is -0.310 e. The summed E-state index contributed by atoms with van der Waals surface area (Å²) in [5, 5.41) is 7.89. The molecule has 0 radical (unpaired) electrons. The van der Waals surface area contributed by atoms with Crippen molar-refractivity contribution >= 4 is 106 Å². The molecule has 446 valence electrons. The first kappa shape index (κ1) is 58.1. The molecule has 4 heteroatoms. The third-order valence-corrected chi connectivity index (χ3v) is 24.7. The topological polar surface area (TPSA) is 6.48 Å². The van der Waals surface area contributed by atoms with E-state index in [1.807, 2.05) is 0 Å². The Bertz CT molecular complexity index is 4660. The van der Waals surface area contributed by atoms with Crippen LogP contribution in [0.15, 0.2) is 243 Å². The zero-order valence-electron chi connectivity index (χ0n) is 54.8. The van der Waals surface area contributed by atoms with Gasteiger partial charge in [0.05, 0.1) is 27.5 Å². The number of benzene rings is 12. The van der Waals surface area contributed by atoms with Gasteiger partial charge in [0, 0.05) is 49.8 Å². The summed E-state index contributed by atoms with van der Waals surface area (Å²) in [5.74, 6) is 0. The van der Waals surface area contributed by atoms with Gasteiger partial charge in [-0.15, -0.1) is 0 Å². The van der Waals surface area contributed by atoms with Crippen LogP contribution in [0.4, 0.5) is 34.1 Å². The summed E-state index contributed by atoms with van der Waals surface area (Å²) < 4.78 is 0. The number of rotatable bonds is 12. The van der Waals surface area contributed by atoms with Gasteiger partial charge in [-0.05, 0) is 160 Å². The molecule has 0 saturated heterocycles. The normalized spacial score (nSPS) is 14.8. The fraction of sp³-hybridized carbons (Fsp3) is 0.172. The third-order valence-electron chi connectivity index (χ3n) is 20.5. The summed E-state index contributed by atoms with van der Waals surface area (Å²) in [6, 6.07) is 92.3. The molecule has 12 aromatic rings. The number of nitrogens with zero attached hydrogens (tertiary/aromatic N) is 2. The molecule has 15 rings (SSSR count). The molecule has 2 nitrogen and oxygen atoms in total. The Morgan fingerprint density at radius 1 is 0.264 bits per heavy atom. The van der Waals surface area contributed by atoms with Gasteiger partial charge >= 0.3 is 0 Å². The maximum atomic E-state index is 2.47. The van der Waals surface area contributed by atoms with Crippen LogP contribution < -0.4 is 20.2 Å². The largest absolute Gasteiger partial charge is 0.310 e. The first-order valence-corrected chi connectivity index (χ1v) is 39.6. The number of hydrogen-bond acceptors (Lipinski definition) is 2. The zero-order valence-corrected chi connectivity index (χ0v) is 56.8. The highest BCUT2D eigenvalue weighted by Gasteiger charge is 2.39. The Morgan fingerprint density at radius 2 is 0.527 bits per heavy atom. The monoisotopic (exact) mass is 1210 g/mol. The first-order valence-electron chi connectivity index (χ1n) is 32.6. The van der Waals surface area contributed by atoms with E-state index in [0.29, 0.717) is 0 Å². The van der Waals surface area contributed by atoms with Gasteiger partial charge < -0.3 is 9.80 Å². The summed E-state index contributed by atoms with van der Waals surface area (Å²) in [4.78, 5) is 4.94. The third kappa shape index (κ3) is 9.89. The predicted octanol–water partition coefficient (Wildman–Crippen LogP) is 23.3. The van der Waals surface area contributed by atoms with Crippen molar-refractivity contribution in [2.45, 2.75) is 97.1 Å². The molecule has 0 aromatic heterocycles. The lowest BCUT2D eigenvalue weighted by Crippen LogP contribution is -2.37. The van der Waals surface area contributed by atoms with Gasteiger partial charge in [0.15, 0.2) is 0 Å². The van der Waals surface area contributed by atoms with Crippen LogP contribution >= 0.6 is 0 Å². The van der Waals surface area contributed by atoms with Crippen LogP contribution in [-0.2, 0) is 16.2 Å². The van der Waals surface area contributed by atoms with E-state index in [-0.39, 0.29) is 16.2 Å². The van der Waals surface area contributed by atoms with Crippen LogP contribution in [-0.4, -0.2) is 16.1 Å². The quantitative estimate of drug-likeness (QED) is 0.0889. The second-order valence-corrected chi connectivity index (χ2v) is 39.6. The van der Waals surface area contributed by atoms with E-state index in [1.54, 1.807) is 0 Å². The maximum Gasteiger partial charge on any atom is 0.0775 e. The molecule has 91 heavy (non-hydrogen) atoms. The van der Waals surface area contributed by atoms with Crippen molar-refractivity contribution in [3.8, 4) is 33.4 Å². The first-order chi connectivity index (χ1) is 43.6. The summed E-state index contributed by atoms with van der Waals surface area (Å²) in [5.41, 5.74) is 27.5. The Labute approximate surface area is 541 Å². The van der Waals surface area contributed by atoms with Crippen molar-refractivity contribution in [1.82, 2.24) is 0 Å². The van der Waals surface area contributed by atoms with Gasteiger partial charge in [-0.3, -0.25) is 0 Å². The van der Waals surface area contributed by atoms with Crippen LogP contribution in [0.25, 0.3) is 79.2 Å². The van der Waals surface area contributed by atoms with Crippen molar-refractivity contribution in [1.29, 1.82) is 0 Å². The number of anilines is 6. The van der Waals surface area contributed by atoms with E-state index < -0.39 is 16.1 Å². The predicted molar refractivity (Wildman–Crippen MR) is 400 cm³/mol. The van der Waals surface area contributed by atoms with Gasteiger partial charge in [0.25, 0.3) is 0 Å². The Kier molecular flexibility index (Phi) is 13.7. The van der Waals surface area contributed by atoms with Crippen LogP contribution in [0.5, 0.6) is 0 Å². The Morgan fingerprint density at radius 3 is 0.835 bits per heavy atom. The van der Waals surface area contributed by atoms with Crippen LogP contribution in [0, 0.1) is 0 Å². The summed E-state index contributed by atoms with van der Waals surface area (Å²) in [7, 11) is -2.97. The maximum absolute atomic E-state index is 2.47. The lowest BCUT2D eigenvalue weighted by molar-refractivity contribution is 0.660. The molecular weight excluding hydrogens is 1130 g/mol. The minimum atomic E-state index is -1.48. The second kappa shape index (κ2) is 21.4. The van der Waals surface area contributed by atoms with Gasteiger partial charge in [-0.1, -0.05) is 297 Å². The van der Waals surface area contributed by atoms with Crippen LogP contribution in [0.1, 0.15) is 97.2 Å². The summed E-state index contributed by atoms with van der Waals surface area (Å²) >= 11 is 0. The van der Waals surface area contributed by atoms with E-state index in [1.165, 1.54) is 155 Å². The van der Waals surface area contributed by atoms with E-state index in [0.717, 1.165) is 0 Å². The zero-order chi connectivity index (χ0) is 62.9. The average molecular weight is 1210 g/mol. The smallest absolute Gasteiger partial charge is 0.0775 e. The van der Waals surface area contributed by atoms with Gasteiger partial charge in [-0.25, -0.2) is 0 Å². The molecule has 0 atom stereocenters. The molecule has 0 saturated carbocycles.